The molecule has 0 atom stereocenters. The van der Waals surface area contributed by atoms with Crippen molar-refractivity contribution in [2.24, 2.45) is 0 Å². The molecule has 24 heavy (non-hydrogen) atoms. The minimum Gasteiger partial charge on any atom is -0.274 e. The minimum absolute atomic E-state index is 0.0388. The van der Waals surface area contributed by atoms with Crippen LogP contribution in [0.15, 0.2) is 53.4 Å². The van der Waals surface area contributed by atoms with Crippen LogP contribution < -0.4 is 4.72 Å². The fourth-order valence-electron chi connectivity index (χ4n) is 2.11. The molecular weight excluding hydrogens is 328 g/mol. The van der Waals surface area contributed by atoms with E-state index < -0.39 is 15.9 Å². The minimum atomic E-state index is -3.73. The van der Waals surface area contributed by atoms with Gasteiger partial charge in [0.25, 0.3) is 5.91 Å². The van der Waals surface area contributed by atoms with Gasteiger partial charge in [0.1, 0.15) is 0 Å². The van der Waals surface area contributed by atoms with Crippen molar-refractivity contribution in [2.45, 2.75) is 18.4 Å². The Morgan fingerprint density at radius 2 is 1.83 bits per heavy atom. The summed E-state index contributed by atoms with van der Waals surface area (Å²) < 4.78 is 27.5. The number of sulfonamides is 1. The van der Waals surface area contributed by atoms with Gasteiger partial charge in [-0.3, -0.25) is 9.63 Å². The molecule has 0 radical (unpaired) electrons. The number of amides is 1. The molecule has 1 amide bonds. The number of rotatable bonds is 6. The van der Waals surface area contributed by atoms with Crippen LogP contribution in [0.5, 0.6) is 0 Å². The third-order valence-electron chi connectivity index (χ3n) is 3.62. The van der Waals surface area contributed by atoms with Gasteiger partial charge in [-0.2, -0.15) is 0 Å². The van der Waals surface area contributed by atoms with E-state index in [0.717, 1.165) is 10.6 Å². The Bertz CT molecular complexity index is 820. The highest BCUT2D eigenvalue weighted by Crippen LogP contribution is 2.17. The lowest BCUT2D eigenvalue weighted by atomic mass is 10.1. The van der Waals surface area contributed by atoms with E-state index in [2.05, 4.69) is 4.72 Å². The number of benzene rings is 2. The quantitative estimate of drug-likeness (QED) is 0.811. The molecule has 2 aromatic carbocycles. The molecule has 0 spiro atoms. The lowest BCUT2D eigenvalue weighted by molar-refractivity contribution is -0.0757. The molecule has 0 bridgehead atoms. The van der Waals surface area contributed by atoms with Gasteiger partial charge in [0.2, 0.25) is 10.0 Å². The van der Waals surface area contributed by atoms with E-state index in [1.165, 1.54) is 26.3 Å². The summed E-state index contributed by atoms with van der Waals surface area (Å²) in [6.07, 6.45) is 0. The zero-order chi connectivity index (χ0) is 17.7. The number of aryl methyl sites for hydroxylation is 1. The summed E-state index contributed by atoms with van der Waals surface area (Å²) in [5.41, 5.74) is 1.80. The van der Waals surface area contributed by atoms with Crippen LogP contribution in [0.3, 0.4) is 0 Å². The van der Waals surface area contributed by atoms with Crippen molar-refractivity contribution in [1.29, 1.82) is 0 Å². The summed E-state index contributed by atoms with van der Waals surface area (Å²) in [5.74, 6) is -0.407. The average molecular weight is 348 g/mol. The van der Waals surface area contributed by atoms with Crippen LogP contribution in [0.1, 0.15) is 21.5 Å². The highest BCUT2D eigenvalue weighted by molar-refractivity contribution is 7.89. The molecule has 6 nitrogen and oxygen atoms in total. The predicted molar refractivity (Wildman–Crippen MR) is 90.7 cm³/mol. The number of carbonyl (C=O) groups excluding carboxylic acids is 1. The van der Waals surface area contributed by atoms with Crippen LogP contribution in [-0.2, 0) is 21.4 Å². The van der Waals surface area contributed by atoms with Gasteiger partial charge in [-0.25, -0.2) is 18.2 Å². The topological polar surface area (TPSA) is 75.7 Å². The van der Waals surface area contributed by atoms with Gasteiger partial charge >= 0.3 is 0 Å². The standard InChI is InChI=1S/C17H20N2O4S/c1-13-9-10-15(11-16(13)17(20)19(2)23-3)24(21,22)18-12-14-7-5-4-6-8-14/h4-11,18H,12H2,1-3H3. The maximum atomic E-state index is 12.5. The molecular formula is C17H20N2O4S. The van der Waals surface area contributed by atoms with Crippen LogP contribution in [0.25, 0.3) is 0 Å². The van der Waals surface area contributed by atoms with Crippen molar-refractivity contribution in [3.8, 4) is 0 Å². The number of hydroxylamine groups is 2. The van der Waals surface area contributed by atoms with E-state index in [1.807, 2.05) is 30.3 Å². The normalized spacial score (nSPS) is 11.3. The van der Waals surface area contributed by atoms with Crippen LogP contribution >= 0.6 is 0 Å². The highest BCUT2D eigenvalue weighted by Gasteiger charge is 2.20. The van der Waals surface area contributed by atoms with Gasteiger partial charge in [-0.1, -0.05) is 36.4 Å². The lowest BCUT2D eigenvalue weighted by Gasteiger charge is -2.16. The zero-order valence-corrected chi connectivity index (χ0v) is 14.6. The van der Waals surface area contributed by atoms with E-state index >= 15 is 0 Å². The molecule has 0 heterocycles. The maximum absolute atomic E-state index is 12.5. The van der Waals surface area contributed by atoms with E-state index in [-0.39, 0.29) is 17.0 Å². The van der Waals surface area contributed by atoms with Crippen molar-refractivity contribution < 1.29 is 18.0 Å². The van der Waals surface area contributed by atoms with Crippen molar-refractivity contribution >= 4 is 15.9 Å². The van der Waals surface area contributed by atoms with Crippen LogP contribution in [-0.4, -0.2) is 33.5 Å². The molecule has 0 aromatic heterocycles. The summed E-state index contributed by atoms with van der Waals surface area (Å²) in [4.78, 5) is 17.2. The largest absolute Gasteiger partial charge is 0.277 e. The molecule has 0 unspecified atom stereocenters. The van der Waals surface area contributed by atoms with Gasteiger partial charge in [-0.05, 0) is 30.2 Å². The molecule has 0 aliphatic rings. The molecule has 0 aliphatic heterocycles. The van der Waals surface area contributed by atoms with E-state index in [9.17, 15) is 13.2 Å². The first-order chi connectivity index (χ1) is 11.3. The molecule has 0 saturated heterocycles. The Kier molecular flexibility index (Phi) is 5.71. The molecule has 1 N–H and O–H groups in total. The molecule has 7 heteroatoms. The van der Waals surface area contributed by atoms with Gasteiger partial charge in [0.15, 0.2) is 0 Å². The monoisotopic (exact) mass is 348 g/mol. The average Bonchev–Trinajstić information content (AvgIpc) is 2.60. The van der Waals surface area contributed by atoms with E-state index in [1.54, 1.807) is 13.0 Å². The van der Waals surface area contributed by atoms with E-state index in [4.69, 9.17) is 4.84 Å². The zero-order valence-electron chi connectivity index (χ0n) is 13.8. The Hall–Kier alpha value is -2.22. The van der Waals surface area contributed by atoms with Crippen molar-refractivity contribution in [3.63, 3.8) is 0 Å². The smallest absolute Gasteiger partial charge is 0.274 e. The molecule has 0 saturated carbocycles. The Morgan fingerprint density at radius 3 is 2.46 bits per heavy atom. The number of hydrogen-bond donors (Lipinski definition) is 1. The van der Waals surface area contributed by atoms with Gasteiger partial charge in [0, 0.05) is 19.2 Å². The molecule has 128 valence electrons. The molecule has 0 fully saturated rings. The summed E-state index contributed by atoms with van der Waals surface area (Å²) in [6, 6.07) is 13.7. The first kappa shape index (κ1) is 18.1. The molecule has 2 aromatic rings. The van der Waals surface area contributed by atoms with Crippen LogP contribution in [0.4, 0.5) is 0 Å². The SMILES string of the molecule is CON(C)C(=O)c1cc(S(=O)(=O)NCc2ccccc2)ccc1C. The fraction of sp³-hybridized carbons (Fsp3) is 0.235. The van der Waals surface area contributed by atoms with E-state index in [0.29, 0.717) is 5.56 Å². The summed E-state index contributed by atoms with van der Waals surface area (Å²) in [7, 11) is -0.886. The van der Waals surface area contributed by atoms with Gasteiger partial charge < -0.3 is 0 Å². The van der Waals surface area contributed by atoms with Crippen molar-refractivity contribution in [2.75, 3.05) is 14.2 Å². The summed E-state index contributed by atoms with van der Waals surface area (Å²) in [6.45, 7) is 1.92. The second kappa shape index (κ2) is 7.57. The first-order valence-corrected chi connectivity index (χ1v) is 8.80. The number of nitrogens with zero attached hydrogens (tertiary/aromatic N) is 1. The Morgan fingerprint density at radius 1 is 1.17 bits per heavy atom. The number of nitrogens with one attached hydrogen (secondary N) is 1. The highest BCUT2D eigenvalue weighted by atomic mass is 32.2. The van der Waals surface area contributed by atoms with Gasteiger partial charge in [-0.15, -0.1) is 0 Å². The lowest BCUT2D eigenvalue weighted by Crippen LogP contribution is -2.27. The third kappa shape index (κ3) is 4.19. The molecule has 0 aliphatic carbocycles. The first-order valence-electron chi connectivity index (χ1n) is 7.31. The third-order valence-corrected chi connectivity index (χ3v) is 5.02. The van der Waals surface area contributed by atoms with Crippen LogP contribution in [0, 0.1) is 6.92 Å². The second-order valence-electron chi connectivity index (χ2n) is 5.27. The number of hydrogen-bond acceptors (Lipinski definition) is 4. The molecule has 2 rings (SSSR count). The fourth-order valence-corrected chi connectivity index (χ4v) is 3.15. The number of carbonyl (C=O) groups is 1. The predicted octanol–water partition coefficient (Wildman–Crippen LogP) is 2.11. The summed E-state index contributed by atoms with van der Waals surface area (Å²) >= 11 is 0. The summed E-state index contributed by atoms with van der Waals surface area (Å²) in [5, 5.41) is 1.05. The Labute approximate surface area is 142 Å². The second-order valence-corrected chi connectivity index (χ2v) is 7.04. The van der Waals surface area contributed by atoms with Crippen LogP contribution in [0.2, 0.25) is 0 Å². The van der Waals surface area contributed by atoms with Crippen molar-refractivity contribution in [1.82, 2.24) is 9.79 Å². The van der Waals surface area contributed by atoms with Gasteiger partial charge in [0.05, 0.1) is 12.0 Å². The van der Waals surface area contributed by atoms with Crippen molar-refractivity contribution in [3.05, 3.63) is 65.2 Å². The Balaban J connectivity index is 2.26. The maximum Gasteiger partial charge on any atom is 0.277 e.